The molecule has 262 valence electrons. The predicted molar refractivity (Wildman–Crippen MR) is 182 cm³/mol. The van der Waals surface area contributed by atoms with Crippen LogP contribution in [-0.2, 0) is 16.1 Å². The third-order valence-corrected chi connectivity index (χ3v) is 9.58. The number of benzene rings is 2. The molecule has 16 heteroatoms. The van der Waals surface area contributed by atoms with Gasteiger partial charge in [-0.25, -0.2) is 37.8 Å². The van der Waals surface area contributed by atoms with Crippen LogP contribution in [0.1, 0.15) is 12.2 Å². The molecule has 2 aliphatic heterocycles. The monoisotopic (exact) mass is 698 g/mol. The first kappa shape index (κ1) is 32.4. The normalized spacial score (nSPS) is 19.4. The Morgan fingerprint density at radius 3 is 2.61 bits per heavy atom. The Morgan fingerprint density at radius 1 is 0.980 bits per heavy atom. The Morgan fingerprint density at radius 2 is 1.80 bits per heavy atom. The quantitative estimate of drug-likeness (QED) is 0.281. The number of nitrogens with one attached hydrogen (secondary N) is 1. The fourth-order valence-electron chi connectivity index (χ4n) is 7.24. The number of halogens is 3. The number of anilines is 2. The van der Waals surface area contributed by atoms with E-state index in [2.05, 4.69) is 25.4 Å². The van der Waals surface area contributed by atoms with E-state index in [1.165, 1.54) is 36.4 Å². The van der Waals surface area contributed by atoms with E-state index in [1.54, 1.807) is 19.1 Å². The fourth-order valence-corrected chi connectivity index (χ4v) is 7.24. The molecule has 6 heterocycles. The fraction of sp³-hybridized carbons (Fsp3) is 0.314. The summed E-state index contributed by atoms with van der Waals surface area (Å²) in [6.45, 7) is 2.79. The molecule has 0 radical (unpaired) electrons. The van der Waals surface area contributed by atoms with Gasteiger partial charge in [-0.05, 0) is 31.5 Å². The molecule has 4 aromatic heterocycles. The minimum Gasteiger partial charge on any atom is -0.494 e. The molecule has 3 atom stereocenters. The van der Waals surface area contributed by atoms with Crippen molar-refractivity contribution in [3.8, 4) is 22.7 Å². The molecule has 8 rings (SSSR count). The predicted octanol–water partition coefficient (Wildman–Crippen LogP) is 4.51. The van der Waals surface area contributed by atoms with Crippen LogP contribution in [0.2, 0.25) is 0 Å². The molecule has 0 saturated carbocycles. The molecule has 6 aromatic rings. The Hall–Kier alpha value is -5.77. The summed E-state index contributed by atoms with van der Waals surface area (Å²) in [6.07, 6.45) is 2.76. The molecule has 2 aromatic carbocycles. The molecule has 2 aliphatic rings. The van der Waals surface area contributed by atoms with Crippen LogP contribution < -0.4 is 15.0 Å². The first-order chi connectivity index (χ1) is 24.6. The number of aryl methyl sites for hydroxylation is 1. The summed E-state index contributed by atoms with van der Waals surface area (Å²) >= 11 is 0. The number of imidazole rings is 1. The Bertz CT molecular complexity index is 2330. The summed E-state index contributed by atoms with van der Waals surface area (Å²) in [5.74, 6) is -0.716. The van der Waals surface area contributed by atoms with Crippen LogP contribution in [0.5, 0.6) is 5.75 Å². The molecule has 51 heavy (non-hydrogen) atoms. The van der Waals surface area contributed by atoms with Crippen molar-refractivity contribution < 1.29 is 27.4 Å². The van der Waals surface area contributed by atoms with Crippen molar-refractivity contribution in [2.24, 2.45) is 0 Å². The van der Waals surface area contributed by atoms with Crippen LogP contribution in [-0.4, -0.2) is 97.6 Å². The summed E-state index contributed by atoms with van der Waals surface area (Å²) in [5.41, 5.74) is 2.50. The molecule has 13 nitrogen and oxygen atoms in total. The number of methoxy groups -OCH3 is 2. The van der Waals surface area contributed by atoms with Gasteiger partial charge in [0.2, 0.25) is 5.91 Å². The summed E-state index contributed by atoms with van der Waals surface area (Å²) in [6, 6.07) is 9.23. The smallest absolute Gasteiger partial charge is 0.245 e. The highest BCUT2D eigenvalue weighted by Gasteiger charge is 2.41. The SMILES string of the molecule is COc1cc(F)cc(F)c1-n1ncc2c(N3C[C@@H]4C[C@H]3C(=O)N(C)C[C@H](OC)Cn3c(C)nc5cc(F)cc(c53)-c3cccc(n3)N4)ncnc21. The van der Waals surface area contributed by atoms with Gasteiger partial charge in [-0.2, -0.15) is 5.10 Å². The van der Waals surface area contributed by atoms with E-state index < -0.39 is 29.6 Å². The average molecular weight is 699 g/mol. The number of carbonyl (C=O) groups is 1. The molecule has 1 N–H and O–H groups in total. The van der Waals surface area contributed by atoms with E-state index in [1.807, 2.05) is 34.6 Å². The van der Waals surface area contributed by atoms with Crippen molar-refractivity contribution in [2.75, 3.05) is 44.6 Å². The number of likely N-dealkylation sites (N-methyl/N-ethyl adjacent to an activating group) is 1. The molecule has 0 unspecified atom stereocenters. The number of fused-ring (bicyclic) bond motifs is 6. The number of hydrogen-bond acceptors (Lipinski definition) is 10. The molecule has 0 spiro atoms. The van der Waals surface area contributed by atoms with Crippen molar-refractivity contribution >= 4 is 39.6 Å². The lowest BCUT2D eigenvalue weighted by Gasteiger charge is -2.30. The van der Waals surface area contributed by atoms with Gasteiger partial charge < -0.3 is 29.2 Å². The highest BCUT2D eigenvalue weighted by atomic mass is 19.1. The Kier molecular flexibility index (Phi) is 7.97. The number of pyridine rings is 1. The summed E-state index contributed by atoms with van der Waals surface area (Å²) < 4.78 is 58.6. The maximum Gasteiger partial charge on any atom is 0.245 e. The van der Waals surface area contributed by atoms with E-state index in [-0.39, 0.29) is 35.6 Å². The third kappa shape index (κ3) is 5.55. The number of hydrogen-bond donors (Lipinski definition) is 1. The van der Waals surface area contributed by atoms with Gasteiger partial charge in [0.1, 0.15) is 47.2 Å². The first-order valence-corrected chi connectivity index (χ1v) is 16.3. The third-order valence-electron chi connectivity index (χ3n) is 9.58. The van der Waals surface area contributed by atoms with Crippen molar-refractivity contribution in [3.05, 3.63) is 78.3 Å². The number of ether oxygens (including phenoxy) is 2. The van der Waals surface area contributed by atoms with Crippen molar-refractivity contribution in [2.45, 2.75) is 38.1 Å². The summed E-state index contributed by atoms with van der Waals surface area (Å²) in [4.78, 5) is 36.4. The second-order valence-electron chi connectivity index (χ2n) is 12.7. The van der Waals surface area contributed by atoms with E-state index in [0.717, 1.165) is 17.6 Å². The minimum absolute atomic E-state index is 0.0645. The van der Waals surface area contributed by atoms with Gasteiger partial charge >= 0.3 is 0 Å². The highest BCUT2D eigenvalue weighted by molar-refractivity contribution is 5.94. The molecular weight excluding hydrogens is 665 g/mol. The van der Waals surface area contributed by atoms with Crippen molar-refractivity contribution in [3.63, 3.8) is 0 Å². The Balaban J connectivity index is 1.23. The molecule has 1 fully saturated rings. The van der Waals surface area contributed by atoms with Crippen LogP contribution in [0.25, 0.3) is 39.0 Å². The maximum absolute atomic E-state index is 15.2. The van der Waals surface area contributed by atoms with Gasteiger partial charge in [0.25, 0.3) is 0 Å². The van der Waals surface area contributed by atoms with Crippen LogP contribution in [0.15, 0.2) is 55.0 Å². The molecule has 1 amide bonds. The van der Waals surface area contributed by atoms with E-state index >= 15 is 4.39 Å². The molecular formula is C35H33F3N10O3. The van der Waals surface area contributed by atoms with Gasteiger partial charge in [-0.1, -0.05) is 6.07 Å². The van der Waals surface area contributed by atoms with Gasteiger partial charge in [-0.15, -0.1) is 0 Å². The van der Waals surface area contributed by atoms with Gasteiger partial charge in [0.15, 0.2) is 17.2 Å². The summed E-state index contributed by atoms with van der Waals surface area (Å²) in [5, 5.41) is 8.33. The molecule has 0 aliphatic carbocycles. The lowest BCUT2D eigenvalue weighted by molar-refractivity contribution is -0.132. The van der Waals surface area contributed by atoms with E-state index in [4.69, 9.17) is 14.5 Å². The summed E-state index contributed by atoms with van der Waals surface area (Å²) in [7, 11) is 4.63. The van der Waals surface area contributed by atoms with Gasteiger partial charge in [0, 0.05) is 57.1 Å². The first-order valence-electron chi connectivity index (χ1n) is 16.3. The standard InChI is InChI=1S/C35H33F3N10O3/c1-18-42-27-10-19(36)8-23-26-6-5-7-30(44-26)43-21-12-28(35(49)45(2)15-22(50-3)16-46(18)31(23)27)47(14-21)33-24-13-41-48(34(24)40-17-39-33)32-25(38)9-20(37)11-29(32)51-4/h5-11,13,17,21-22,28H,12,14-16H2,1-4H3,(H,43,44)/t21-,22-,28-/m0/s1. The number of aromatic nitrogens is 7. The lowest BCUT2D eigenvalue weighted by atomic mass is 10.1. The zero-order chi connectivity index (χ0) is 35.6. The number of amides is 1. The zero-order valence-corrected chi connectivity index (χ0v) is 28.1. The number of carbonyl (C=O) groups excluding carboxylic acids is 1. The van der Waals surface area contributed by atoms with Crippen LogP contribution in [0.3, 0.4) is 0 Å². The van der Waals surface area contributed by atoms with E-state index in [0.29, 0.717) is 59.1 Å². The van der Waals surface area contributed by atoms with E-state index in [9.17, 15) is 13.6 Å². The van der Waals surface area contributed by atoms with Crippen molar-refractivity contribution in [1.82, 2.24) is 39.2 Å². The van der Waals surface area contributed by atoms with Gasteiger partial charge in [-0.3, -0.25) is 4.79 Å². The average Bonchev–Trinajstić information content (AvgIpc) is 3.81. The number of rotatable bonds is 4. The second kappa shape index (κ2) is 12.5. The highest BCUT2D eigenvalue weighted by Crippen LogP contribution is 2.36. The number of nitrogens with zero attached hydrogens (tertiary/aromatic N) is 9. The molecule has 1 saturated heterocycles. The Labute approximate surface area is 289 Å². The van der Waals surface area contributed by atoms with Crippen LogP contribution >= 0.6 is 0 Å². The zero-order valence-electron chi connectivity index (χ0n) is 28.1. The topological polar surface area (TPSA) is 128 Å². The second-order valence-corrected chi connectivity index (χ2v) is 12.7. The minimum atomic E-state index is -0.885. The van der Waals surface area contributed by atoms with Crippen LogP contribution in [0, 0.1) is 24.4 Å². The van der Waals surface area contributed by atoms with Crippen molar-refractivity contribution in [1.29, 1.82) is 0 Å². The largest absolute Gasteiger partial charge is 0.494 e. The van der Waals surface area contributed by atoms with Crippen LogP contribution in [0.4, 0.5) is 24.8 Å². The maximum atomic E-state index is 15.2. The molecule has 4 bridgehead atoms. The van der Waals surface area contributed by atoms with Gasteiger partial charge in [0.05, 0.1) is 48.1 Å². The lowest BCUT2D eigenvalue weighted by Crippen LogP contribution is -2.47.